The van der Waals surface area contributed by atoms with Crippen LogP contribution in [0, 0.1) is 5.92 Å². The molecule has 0 aromatic carbocycles. The number of urea groups is 1. The van der Waals surface area contributed by atoms with E-state index in [9.17, 15) is 13.2 Å². The maximum absolute atomic E-state index is 11.5. The summed E-state index contributed by atoms with van der Waals surface area (Å²) in [4.78, 5) is 11.5. The molecule has 0 unspecified atom stereocenters. The molecule has 1 atom stereocenters. The average molecular weight is 275 g/mol. The Kier molecular flexibility index (Phi) is 5.13. The van der Waals surface area contributed by atoms with E-state index in [1.165, 1.54) is 0 Å². The fourth-order valence-corrected chi connectivity index (χ4v) is 3.54. The summed E-state index contributed by atoms with van der Waals surface area (Å²) in [6, 6.07) is -0.738. The zero-order valence-electron chi connectivity index (χ0n) is 11.1. The van der Waals surface area contributed by atoms with Gasteiger partial charge in [0.2, 0.25) is 0 Å². The highest BCUT2D eigenvalue weighted by Crippen LogP contribution is 2.10. The van der Waals surface area contributed by atoms with Gasteiger partial charge in [0.05, 0.1) is 11.5 Å². The molecule has 18 heavy (non-hydrogen) atoms. The van der Waals surface area contributed by atoms with E-state index in [0.717, 1.165) is 12.1 Å². The predicted octanol–water partition coefficient (Wildman–Crippen LogP) is 0.895. The summed E-state index contributed by atoms with van der Waals surface area (Å²) in [7, 11) is -2.97. The SMILES string of the molecule is CCC(=NNC(=O)N[C@@H]1CCS(=O)(=O)C1)C(C)C. The van der Waals surface area contributed by atoms with Gasteiger partial charge in [-0.05, 0) is 18.8 Å². The summed E-state index contributed by atoms with van der Waals surface area (Å²) in [5.74, 6) is 0.449. The molecule has 0 saturated carbocycles. The topological polar surface area (TPSA) is 87.6 Å². The molecule has 104 valence electrons. The van der Waals surface area contributed by atoms with Crippen molar-refractivity contribution < 1.29 is 13.2 Å². The minimum Gasteiger partial charge on any atom is -0.333 e. The van der Waals surface area contributed by atoms with Crippen LogP contribution in [0.5, 0.6) is 0 Å². The summed E-state index contributed by atoms with van der Waals surface area (Å²) < 4.78 is 22.4. The van der Waals surface area contributed by atoms with Gasteiger partial charge < -0.3 is 5.32 Å². The summed E-state index contributed by atoms with van der Waals surface area (Å²) in [5, 5.41) is 6.64. The van der Waals surface area contributed by atoms with Gasteiger partial charge in [0.15, 0.2) is 9.84 Å². The first-order valence-corrected chi connectivity index (χ1v) is 7.99. The molecule has 0 aromatic heterocycles. The van der Waals surface area contributed by atoms with Crippen LogP contribution in [0.4, 0.5) is 4.79 Å². The van der Waals surface area contributed by atoms with E-state index in [1.54, 1.807) is 0 Å². The second-order valence-corrected chi connectivity index (χ2v) is 7.03. The van der Waals surface area contributed by atoms with Crippen LogP contribution in [-0.2, 0) is 9.84 Å². The Morgan fingerprint density at radius 3 is 2.56 bits per heavy atom. The van der Waals surface area contributed by atoms with Gasteiger partial charge in [-0.2, -0.15) is 5.10 Å². The zero-order chi connectivity index (χ0) is 13.8. The fraction of sp³-hybridized carbons (Fsp3) is 0.818. The fourth-order valence-electron chi connectivity index (χ4n) is 1.87. The van der Waals surface area contributed by atoms with Crippen LogP contribution in [0.3, 0.4) is 0 Å². The Bertz CT molecular complexity index is 429. The molecular formula is C11H21N3O3S. The second-order valence-electron chi connectivity index (χ2n) is 4.80. The molecule has 1 heterocycles. The third-order valence-electron chi connectivity index (χ3n) is 2.90. The first-order valence-electron chi connectivity index (χ1n) is 6.17. The zero-order valence-corrected chi connectivity index (χ0v) is 11.9. The molecule has 1 aliphatic heterocycles. The largest absolute Gasteiger partial charge is 0.335 e. The van der Waals surface area contributed by atoms with E-state index in [4.69, 9.17) is 0 Å². The Labute approximate surface area is 108 Å². The number of nitrogens with one attached hydrogen (secondary N) is 2. The van der Waals surface area contributed by atoms with E-state index in [-0.39, 0.29) is 23.5 Å². The van der Waals surface area contributed by atoms with Crippen molar-refractivity contribution in [3.63, 3.8) is 0 Å². The molecule has 1 saturated heterocycles. The van der Waals surface area contributed by atoms with Crippen molar-refractivity contribution in [2.45, 2.75) is 39.7 Å². The van der Waals surface area contributed by atoms with Gasteiger partial charge in [0, 0.05) is 11.8 Å². The van der Waals surface area contributed by atoms with E-state index >= 15 is 0 Å². The Morgan fingerprint density at radius 1 is 1.44 bits per heavy atom. The maximum atomic E-state index is 11.5. The molecule has 2 amide bonds. The number of hydrogen-bond acceptors (Lipinski definition) is 4. The van der Waals surface area contributed by atoms with Crippen LogP contribution in [-0.4, -0.2) is 37.7 Å². The van der Waals surface area contributed by atoms with E-state index < -0.39 is 15.9 Å². The van der Waals surface area contributed by atoms with Crippen molar-refractivity contribution in [3.8, 4) is 0 Å². The lowest BCUT2D eigenvalue weighted by molar-refractivity contribution is 0.238. The molecule has 7 heteroatoms. The molecule has 2 N–H and O–H groups in total. The maximum Gasteiger partial charge on any atom is 0.335 e. The van der Waals surface area contributed by atoms with E-state index in [2.05, 4.69) is 15.8 Å². The van der Waals surface area contributed by atoms with Gasteiger partial charge in [-0.3, -0.25) is 0 Å². The molecule has 0 spiro atoms. The van der Waals surface area contributed by atoms with Crippen LogP contribution in [0.2, 0.25) is 0 Å². The van der Waals surface area contributed by atoms with Gasteiger partial charge in [-0.15, -0.1) is 0 Å². The number of sulfone groups is 1. The number of amides is 2. The number of hydrogen-bond donors (Lipinski definition) is 2. The molecule has 6 nitrogen and oxygen atoms in total. The van der Waals surface area contributed by atoms with E-state index in [1.807, 2.05) is 20.8 Å². The molecule has 1 fully saturated rings. The summed E-state index contributed by atoms with van der Waals surface area (Å²) in [6.45, 7) is 5.99. The first-order chi connectivity index (χ1) is 8.34. The molecule has 0 aromatic rings. The van der Waals surface area contributed by atoms with Gasteiger partial charge in [-0.25, -0.2) is 18.6 Å². The smallest absolute Gasteiger partial charge is 0.333 e. The standard InChI is InChI=1S/C11H21N3O3S/c1-4-10(8(2)3)13-14-11(15)12-9-5-6-18(16,17)7-9/h8-9H,4-7H2,1-3H3,(H2,12,14,15)/t9-/m1/s1. The quantitative estimate of drug-likeness (QED) is 0.590. The van der Waals surface area contributed by atoms with Crippen molar-refractivity contribution in [1.29, 1.82) is 0 Å². The minimum atomic E-state index is -2.97. The van der Waals surface area contributed by atoms with Gasteiger partial charge in [0.1, 0.15) is 0 Å². The lowest BCUT2D eigenvalue weighted by Crippen LogP contribution is -2.41. The summed E-state index contributed by atoms with van der Waals surface area (Å²) in [6.07, 6.45) is 1.25. The van der Waals surface area contributed by atoms with Crippen molar-refractivity contribution in [2.75, 3.05) is 11.5 Å². The number of carbonyl (C=O) groups excluding carboxylic acids is 1. The van der Waals surface area contributed by atoms with E-state index in [0.29, 0.717) is 6.42 Å². The lowest BCUT2D eigenvalue weighted by Gasteiger charge is -2.11. The third-order valence-corrected chi connectivity index (χ3v) is 4.67. The molecule has 1 aliphatic rings. The predicted molar refractivity (Wildman–Crippen MR) is 71.3 cm³/mol. The Balaban J connectivity index is 2.43. The van der Waals surface area contributed by atoms with Gasteiger partial charge in [0.25, 0.3) is 0 Å². The third kappa shape index (κ3) is 4.64. The lowest BCUT2D eigenvalue weighted by atomic mass is 10.1. The summed E-state index contributed by atoms with van der Waals surface area (Å²) in [5.41, 5.74) is 3.32. The highest BCUT2D eigenvalue weighted by molar-refractivity contribution is 7.91. The summed E-state index contributed by atoms with van der Waals surface area (Å²) >= 11 is 0. The monoisotopic (exact) mass is 275 g/mol. The molecule has 0 aliphatic carbocycles. The number of rotatable bonds is 4. The highest BCUT2D eigenvalue weighted by atomic mass is 32.2. The molecule has 0 radical (unpaired) electrons. The van der Waals surface area contributed by atoms with Crippen LogP contribution in [0.15, 0.2) is 5.10 Å². The molecular weight excluding hydrogens is 254 g/mol. The average Bonchev–Trinajstić information content (AvgIpc) is 2.58. The number of hydrazone groups is 1. The van der Waals surface area contributed by atoms with Crippen LogP contribution in [0.1, 0.15) is 33.6 Å². The van der Waals surface area contributed by atoms with Crippen molar-refractivity contribution in [1.82, 2.24) is 10.7 Å². The highest BCUT2D eigenvalue weighted by Gasteiger charge is 2.28. The van der Waals surface area contributed by atoms with Crippen molar-refractivity contribution >= 4 is 21.6 Å². The number of nitrogens with zero attached hydrogens (tertiary/aromatic N) is 1. The van der Waals surface area contributed by atoms with Crippen molar-refractivity contribution in [3.05, 3.63) is 0 Å². The van der Waals surface area contributed by atoms with Gasteiger partial charge in [-0.1, -0.05) is 20.8 Å². The number of carbonyl (C=O) groups is 1. The Morgan fingerprint density at radius 2 is 2.11 bits per heavy atom. The molecule has 1 rings (SSSR count). The van der Waals surface area contributed by atoms with Crippen LogP contribution in [0.25, 0.3) is 0 Å². The minimum absolute atomic E-state index is 0.0228. The van der Waals surface area contributed by atoms with Crippen LogP contribution < -0.4 is 10.7 Å². The first kappa shape index (κ1) is 14.9. The van der Waals surface area contributed by atoms with Gasteiger partial charge >= 0.3 is 6.03 Å². The molecule has 0 bridgehead atoms. The normalized spacial score (nSPS) is 23.1. The second kappa shape index (κ2) is 6.17. The Hall–Kier alpha value is -1.11. The van der Waals surface area contributed by atoms with Crippen LogP contribution >= 0.6 is 0 Å². The van der Waals surface area contributed by atoms with Crippen molar-refractivity contribution in [2.24, 2.45) is 11.0 Å².